The second kappa shape index (κ2) is 8.04. The van der Waals surface area contributed by atoms with Gasteiger partial charge in [-0.1, -0.05) is 0 Å². The van der Waals surface area contributed by atoms with Crippen molar-refractivity contribution in [3.05, 3.63) is 0 Å². The SMILES string of the molecule is O=C(OCC(F)C(F)(F)S(=O)(=O)O)C1C2CC3C(OS(=O)(=O)C31)C2OC(=O)C12CC3CC(CC(C3)C1)C2. The van der Waals surface area contributed by atoms with Gasteiger partial charge in [0.1, 0.15) is 24.1 Å². The van der Waals surface area contributed by atoms with E-state index in [0.717, 1.165) is 19.3 Å². The van der Waals surface area contributed by atoms with E-state index < -0.39 is 90.8 Å². The first-order valence-corrected chi connectivity index (χ1v) is 15.3. The number of esters is 2. The number of halogens is 3. The molecule has 0 amide bonds. The van der Waals surface area contributed by atoms with Crippen LogP contribution >= 0.6 is 0 Å². The van der Waals surface area contributed by atoms with Gasteiger partial charge in [0.05, 0.1) is 11.3 Å². The van der Waals surface area contributed by atoms with Gasteiger partial charge in [-0.15, -0.1) is 0 Å². The number of ether oxygens (including phenoxy) is 2. The van der Waals surface area contributed by atoms with Crippen LogP contribution in [0.2, 0.25) is 0 Å². The van der Waals surface area contributed by atoms with Gasteiger partial charge in [0.25, 0.3) is 10.1 Å². The van der Waals surface area contributed by atoms with E-state index in [2.05, 4.69) is 4.74 Å². The Hall–Kier alpha value is -1.45. The van der Waals surface area contributed by atoms with Gasteiger partial charge in [-0.3, -0.25) is 18.3 Å². The molecule has 6 bridgehead atoms. The Labute approximate surface area is 211 Å². The molecule has 1 aliphatic heterocycles. The molecule has 0 radical (unpaired) electrons. The minimum absolute atomic E-state index is 0.146. The molecule has 7 aliphatic rings. The molecule has 1 saturated heterocycles. The molecule has 0 aromatic heterocycles. The van der Waals surface area contributed by atoms with Crippen LogP contribution in [0.25, 0.3) is 0 Å². The molecule has 208 valence electrons. The molecule has 1 heterocycles. The predicted octanol–water partition coefficient (Wildman–Crippen LogP) is 1.84. The van der Waals surface area contributed by atoms with Gasteiger partial charge in [0.15, 0.2) is 0 Å². The summed E-state index contributed by atoms with van der Waals surface area (Å²) >= 11 is 0. The van der Waals surface area contributed by atoms with Gasteiger partial charge in [-0.2, -0.15) is 25.6 Å². The number of hydrogen-bond acceptors (Lipinski definition) is 9. The van der Waals surface area contributed by atoms with Gasteiger partial charge in [0, 0.05) is 11.8 Å². The molecule has 6 saturated carbocycles. The van der Waals surface area contributed by atoms with Crippen molar-refractivity contribution in [3.63, 3.8) is 0 Å². The molecule has 37 heavy (non-hydrogen) atoms. The highest BCUT2D eigenvalue weighted by atomic mass is 32.2. The van der Waals surface area contributed by atoms with Crippen LogP contribution in [0, 0.1) is 40.9 Å². The van der Waals surface area contributed by atoms with Crippen LogP contribution in [0.15, 0.2) is 0 Å². The number of carbonyl (C=O) groups is 2. The Balaban J connectivity index is 1.20. The minimum Gasteiger partial charge on any atom is -0.462 e. The molecule has 0 aromatic carbocycles. The third-order valence-electron chi connectivity index (χ3n) is 9.59. The normalized spacial score (nSPS) is 45.7. The third kappa shape index (κ3) is 3.77. The van der Waals surface area contributed by atoms with E-state index in [9.17, 15) is 39.6 Å². The first kappa shape index (κ1) is 25.8. The zero-order chi connectivity index (χ0) is 26.7. The van der Waals surface area contributed by atoms with Crippen LogP contribution in [0.5, 0.6) is 0 Å². The minimum atomic E-state index is -6.12. The Morgan fingerprint density at radius 2 is 1.62 bits per heavy atom. The summed E-state index contributed by atoms with van der Waals surface area (Å²) in [6.45, 7) is -1.73. The van der Waals surface area contributed by atoms with E-state index in [1.807, 2.05) is 0 Å². The lowest BCUT2D eigenvalue weighted by molar-refractivity contribution is -0.186. The number of hydrogen-bond donors (Lipinski definition) is 1. The summed E-state index contributed by atoms with van der Waals surface area (Å²) in [5.74, 6) is -3.43. The summed E-state index contributed by atoms with van der Waals surface area (Å²) in [7, 11) is -10.4. The first-order valence-electron chi connectivity index (χ1n) is 12.4. The Morgan fingerprint density at radius 1 is 1.05 bits per heavy atom. The van der Waals surface area contributed by atoms with E-state index in [1.165, 1.54) is 0 Å². The summed E-state index contributed by atoms with van der Waals surface area (Å²) < 4.78 is 112. The summed E-state index contributed by atoms with van der Waals surface area (Å²) in [6.07, 6.45) is -0.0993. The summed E-state index contributed by atoms with van der Waals surface area (Å²) in [5, 5.41) is -6.60. The van der Waals surface area contributed by atoms with Crippen LogP contribution in [-0.4, -0.2) is 68.8 Å². The van der Waals surface area contributed by atoms with Gasteiger partial charge in [-0.05, 0) is 62.7 Å². The molecule has 6 aliphatic carbocycles. The highest BCUT2D eigenvalue weighted by Gasteiger charge is 2.72. The maximum absolute atomic E-state index is 13.9. The fourth-order valence-electron chi connectivity index (χ4n) is 8.57. The Kier molecular flexibility index (Phi) is 5.61. The highest BCUT2D eigenvalue weighted by Crippen LogP contribution is 2.62. The van der Waals surface area contributed by atoms with Gasteiger partial charge >= 0.3 is 27.3 Å². The van der Waals surface area contributed by atoms with Gasteiger partial charge < -0.3 is 9.47 Å². The maximum Gasteiger partial charge on any atom is 0.403 e. The average Bonchev–Trinajstić information content (AvgIpc) is 3.38. The number of rotatable bonds is 7. The summed E-state index contributed by atoms with van der Waals surface area (Å²) in [5.41, 5.74) is -0.647. The predicted molar refractivity (Wildman–Crippen MR) is 116 cm³/mol. The lowest BCUT2D eigenvalue weighted by Gasteiger charge is -2.55. The van der Waals surface area contributed by atoms with Gasteiger partial charge in [0.2, 0.25) is 6.17 Å². The van der Waals surface area contributed by atoms with Crippen molar-refractivity contribution < 1.29 is 57.8 Å². The van der Waals surface area contributed by atoms with E-state index >= 15 is 0 Å². The van der Waals surface area contributed by atoms with Crippen LogP contribution in [0.3, 0.4) is 0 Å². The molecule has 15 heteroatoms. The zero-order valence-corrected chi connectivity index (χ0v) is 21.1. The average molecular weight is 573 g/mol. The van der Waals surface area contributed by atoms with Crippen LogP contribution < -0.4 is 0 Å². The van der Waals surface area contributed by atoms with Crippen molar-refractivity contribution in [2.24, 2.45) is 40.9 Å². The summed E-state index contributed by atoms with van der Waals surface area (Å²) in [6, 6.07) is 0. The maximum atomic E-state index is 13.9. The van der Waals surface area contributed by atoms with E-state index in [-0.39, 0.29) is 6.42 Å². The fourth-order valence-corrected chi connectivity index (χ4v) is 11.0. The monoisotopic (exact) mass is 572 g/mol. The molecular formula is C22H27F3O10S2. The smallest absolute Gasteiger partial charge is 0.403 e. The Bertz CT molecular complexity index is 1200. The van der Waals surface area contributed by atoms with E-state index in [4.69, 9.17) is 13.5 Å². The fraction of sp³-hybridized carbons (Fsp3) is 0.909. The molecule has 7 fully saturated rings. The van der Waals surface area contributed by atoms with Crippen LogP contribution in [-0.2, 0) is 43.5 Å². The number of alkyl halides is 3. The second-order valence-corrected chi connectivity index (χ2v) is 15.0. The zero-order valence-electron chi connectivity index (χ0n) is 19.5. The molecule has 7 rings (SSSR count). The molecule has 7 atom stereocenters. The van der Waals surface area contributed by atoms with E-state index in [1.54, 1.807) is 0 Å². The number of fused-ring (bicyclic) bond motifs is 1. The van der Waals surface area contributed by atoms with Crippen molar-refractivity contribution in [2.75, 3.05) is 6.61 Å². The molecule has 0 aromatic rings. The quantitative estimate of drug-likeness (QED) is 0.272. The molecule has 1 N–H and O–H groups in total. The van der Waals surface area contributed by atoms with Crippen molar-refractivity contribution >= 4 is 32.2 Å². The van der Waals surface area contributed by atoms with Gasteiger partial charge in [-0.25, -0.2) is 4.39 Å². The first-order chi connectivity index (χ1) is 17.1. The standard InChI is InChI=1S/C22H27F3O10S2/c23-14(22(24,25)37(30,31)32)8-33-19(26)15-12-4-13-17(35-36(28,29)18(13)15)16(12)34-20(27)21-5-9-1-10(6-21)3-11(2-9)7-21/h9-18H,1-8H2,(H,30,31,32). The molecule has 7 unspecified atom stereocenters. The molecule has 10 nitrogen and oxygen atoms in total. The number of carbonyl (C=O) groups excluding carboxylic acids is 2. The second-order valence-electron chi connectivity index (χ2n) is 11.8. The van der Waals surface area contributed by atoms with Crippen molar-refractivity contribution in [1.29, 1.82) is 0 Å². The lowest BCUT2D eigenvalue weighted by Crippen LogP contribution is -2.53. The largest absolute Gasteiger partial charge is 0.462 e. The molecular weight excluding hydrogens is 545 g/mol. The van der Waals surface area contributed by atoms with Crippen molar-refractivity contribution in [3.8, 4) is 0 Å². The highest BCUT2D eigenvalue weighted by molar-refractivity contribution is 7.87. The van der Waals surface area contributed by atoms with Crippen molar-refractivity contribution in [1.82, 2.24) is 0 Å². The summed E-state index contributed by atoms with van der Waals surface area (Å²) in [4.78, 5) is 26.3. The van der Waals surface area contributed by atoms with Crippen LogP contribution in [0.4, 0.5) is 13.2 Å². The van der Waals surface area contributed by atoms with E-state index in [0.29, 0.717) is 37.0 Å². The lowest BCUT2D eigenvalue weighted by atomic mass is 9.49. The molecule has 0 spiro atoms. The van der Waals surface area contributed by atoms with Crippen molar-refractivity contribution in [2.45, 2.75) is 73.8 Å². The van der Waals surface area contributed by atoms with Crippen LogP contribution in [0.1, 0.15) is 44.9 Å². The Morgan fingerprint density at radius 3 is 2.16 bits per heavy atom. The third-order valence-corrected chi connectivity index (χ3v) is 12.3. The topological polar surface area (TPSA) is 150 Å².